The van der Waals surface area contributed by atoms with Gasteiger partial charge in [0.15, 0.2) is 0 Å². The number of halogens is 3. The Labute approximate surface area is 206 Å². The van der Waals surface area contributed by atoms with E-state index in [-0.39, 0.29) is 0 Å². The molecule has 6 N–H and O–H groups in total. The first kappa shape index (κ1) is 25.8. The molecule has 164 valence electrons. The highest BCUT2D eigenvalue weighted by Gasteiger charge is 2.07. The average molecular weight is 532 g/mol. The highest BCUT2D eigenvalue weighted by atomic mass is 79.9. The Kier molecular flexibility index (Phi) is 10.6. The van der Waals surface area contributed by atoms with E-state index in [1.165, 1.54) is 0 Å². The summed E-state index contributed by atoms with van der Waals surface area (Å²) >= 11 is 14.8. The van der Waals surface area contributed by atoms with Crippen molar-refractivity contribution >= 4 is 63.1 Å². The van der Waals surface area contributed by atoms with Gasteiger partial charge in [0, 0.05) is 31.5 Å². The minimum atomic E-state index is -1.34. The number of nitrogens with two attached hydrogens (primary N) is 2. The normalized spacial score (nSPS) is 9.66. The zero-order chi connectivity index (χ0) is 23.5. The van der Waals surface area contributed by atoms with Crippen molar-refractivity contribution in [1.82, 2.24) is 0 Å². The monoisotopic (exact) mass is 530 g/mol. The molecule has 0 saturated heterocycles. The van der Waals surface area contributed by atoms with Crippen molar-refractivity contribution in [3.8, 4) is 11.1 Å². The fourth-order valence-corrected chi connectivity index (χ4v) is 3.38. The van der Waals surface area contributed by atoms with Crippen LogP contribution in [0.5, 0.6) is 0 Å². The first-order valence-electron chi connectivity index (χ1n) is 9.50. The summed E-state index contributed by atoms with van der Waals surface area (Å²) in [5, 5.41) is 18.6. The van der Waals surface area contributed by atoms with Crippen LogP contribution in [0.15, 0.2) is 102 Å². The Morgan fingerprint density at radius 2 is 1.16 bits per heavy atom. The Balaban J connectivity index is 0.000000178. The Morgan fingerprint density at radius 3 is 1.62 bits per heavy atom. The van der Waals surface area contributed by atoms with Gasteiger partial charge >= 0.3 is 7.12 Å². The molecule has 0 amide bonds. The first-order valence-corrected chi connectivity index (χ1v) is 11.0. The van der Waals surface area contributed by atoms with Gasteiger partial charge in [-0.15, -0.1) is 0 Å². The van der Waals surface area contributed by atoms with E-state index < -0.39 is 7.12 Å². The van der Waals surface area contributed by atoms with Crippen molar-refractivity contribution in [1.29, 1.82) is 0 Å². The van der Waals surface area contributed by atoms with E-state index in [2.05, 4.69) is 15.9 Å². The lowest BCUT2D eigenvalue weighted by Gasteiger charge is -2.05. The van der Waals surface area contributed by atoms with Crippen molar-refractivity contribution in [3.63, 3.8) is 0 Å². The van der Waals surface area contributed by atoms with Gasteiger partial charge in [-0.2, -0.15) is 0 Å². The molecule has 4 aromatic carbocycles. The number of rotatable bonds is 2. The molecule has 32 heavy (non-hydrogen) atoms. The van der Waals surface area contributed by atoms with E-state index >= 15 is 0 Å². The quantitative estimate of drug-likeness (QED) is 0.199. The molecule has 0 spiro atoms. The summed E-state index contributed by atoms with van der Waals surface area (Å²) in [6, 6.07) is 29.4. The van der Waals surface area contributed by atoms with E-state index in [9.17, 15) is 0 Å². The lowest BCUT2D eigenvalue weighted by atomic mass is 9.81. The van der Waals surface area contributed by atoms with Gasteiger partial charge in [-0.3, -0.25) is 0 Å². The van der Waals surface area contributed by atoms with Gasteiger partial charge < -0.3 is 21.5 Å². The SMILES string of the molecule is Nc1ccc(Cl)cc1-c1ccccc1.Nc1ccc(Cl)cc1Br.OB(O)c1ccccc1. The van der Waals surface area contributed by atoms with Gasteiger partial charge in [-0.25, -0.2) is 0 Å². The summed E-state index contributed by atoms with van der Waals surface area (Å²) in [5.41, 5.74) is 15.4. The number of benzene rings is 4. The van der Waals surface area contributed by atoms with Crippen LogP contribution in [0.25, 0.3) is 11.1 Å². The summed E-state index contributed by atoms with van der Waals surface area (Å²) in [4.78, 5) is 0. The van der Waals surface area contributed by atoms with Crippen LogP contribution >= 0.6 is 39.1 Å². The summed E-state index contributed by atoms with van der Waals surface area (Å²) in [6.45, 7) is 0. The molecule has 0 aliphatic heterocycles. The van der Waals surface area contributed by atoms with Crippen LogP contribution in [0, 0.1) is 0 Å². The topological polar surface area (TPSA) is 92.5 Å². The molecule has 0 saturated carbocycles. The van der Waals surface area contributed by atoms with Gasteiger partial charge in [-0.05, 0) is 63.4 Å². The molecule has 0 fully saturated rings. The molecule has 0 aliphatic rings. The van der Waals surface area contributed by atoms with Gasteiger partial charge in [0.1, 0.15) is 0 Å². The van der Waals surface area contributed by atoms with Crippen molar-refractivity contribution in [3.05, 3.63) is 112 Å². The smallest absolute Gasteiger partial charge is 0.423 e. The average Bonchev–Trinajstić information content (AvgIpc) is 2.80. The highest BCUT2D eigenvalue weighted by molar-refractivity contribution is 9.10. The number of anilines is 2. The molecule has 4 rings (SSSR count). The van der Waals surface area contributed by atoms with Crippen LogP contribution < -0.4 is 16.9 Å². The largest absolute Gasteiger partial charge is 0.488 e. The minimum absolute atomic E-state index is 0.525. The third-order valence-electron chi connectivity index (χ3n) is 4.16. The van der Waals surface area contributed by atoms with E-state index in [4.69, 9.17) is 44.7 Å². The van der Waals surface area contributed by atoms with Gasteiger partial charge in [0.25, 0.3) is 0 Å². The molecule has 4 aromatic rings. The predicted molar refractivity (Wildman–Crippen MR) is 141 cm³/mol. The maximum absolute atomic E-state index is 8.58. The second-order valence-corrected chi connectivity index (χ2v) is 8.27. The van der Waals surface area contributed by atoms with Crippen molar-refractivity contribution in [2.24, 2.45) is 0 Å². The highest BCUT2D eigenvalue weighted by Crippen LogP contribution is 2.28. The first-order chi connectivity index (χ1) is 15.3. The zero-order valence-corrected chi connectivity index (χ0v) is 20.1. The van der Waals surface area contributed by atoms with Crippen molar-refractivity contribution in [2.75, 3.05) is 11.5 Å². The second-order valence-electron chi connectivity index (χ2n) is 6.55. The molecule has 4 nitrogen and oxygen atoms in total. The molecule has 0 radical (unpaired) electrons. The molecule has 0 atom stereocenters. The third-order valence-corrected chi connectivity index (χ3v) is 5.32. The maximum Gasteiger partial charge on any atom is 0.488 e. The summed E-state index contributed by atoms with van der Waals surface area (Å²) in [7, 11) is -1.34. The summed E-state index contributed by atoms with van der Waals surface area (Å²) < 4.78 is 0.843. The maximum atomic E-state index is 8.58. The standard InChI is InChI=1S/C12H10ClN.C6H7BO2.C6H5BrClN/c13-10-6-7-12(14)11(8-10)9-4-2-1-3-5-9;8-7(9)6-4-2-1-3-5-6;7-5-3-4(8)1-2-6(5)9/h1-8H,14H2;1-5,8-9H;1-3H,9H2. The summed E-state index contributed by atoms with van der Waals surface area (Å²) in [5.74, 6) is 0. The summed E-state index contributed by atoms with van der Waals surface area (Å²) in [6.07, 6.45) is 0. The fraction of sp³-hybridized carbons (Fsp3) is 0. The van der Waals surface area contributed by atoms with Crippen LogP contribution in [0.1, 0.15) is 0 Å². The lowest BCUT2D eigenvalue weighted by molar-refractivity contribution is 0.426. The van der Waals surface area contributed by atoms with Crippen LogP contribution in [-0.2, 0) is 0 Å². The van der Waals surface area contributed by atoms with Crippen molar-refractivity contribution < 1.29 is 10.0 Å². The van der Waals surface area contributed by atoms with Crippen molar-refractivity contribution in [2.45, 2.75) is 0 Å². The Hall–Kier alpha value is -2.48. The molecule has 8 heteroatoms. The van der Waals surface area contributed by atoms with Gasteiger partial charge in [-0.1, -0.05) is 83.9 Å². The second kappa shape index (κ2) is 13.2. The third kappa shape index (κ3) is 8.57. The molecule has 0 heterocycles. The van der Waals surface area contributed by atoms with Crippen LogP contribution in [0.3, 0.4) is 0 Å². The molecule has 0 unspecified atom stereocenters. The lowest BCUT2D eigenvalue weighted by Crippen LogP contribution is -2.29. The molecule has 0 aliphatic carbocycles. The van der Waals surface area contributed by atoms with Crippen LogP contribution in [0.4, 0.5) is 11.4 Å². The predicted octanol–water partition coefficient (Wildman–Crippen LogP) is 5.64. The van der Waals surface area contributed by atoms with Crippen LogP contribution in [-0.4, -0.2) is 17.2 Å². The number of hydrogen-bond donors (Lipinski definition) is 4. The molecular formula is C24H22BBrCl2N2O2. The van der Waals surface area contributed by atoms with E-state index in [0.717, 1.165) is 21.3 Å². The molecule has 0 bridgehead atoms. The minimum Gasteiger partial charge on any atom is -0.423 e. The van der Waals surface area contributed by atoms with Gasteiger partial charge in [0.05, 0.1) is 0 Å². The van der Waals surface area contributed by atoms with Crippen LogP contribution in [0.2, 0.25) is 10.0 Å². The molecular weight excluding hydrogens is 510 g/mol. The van der Waals surface area contributed by atoms with Gasteiger partial charge in [0.2, 0.25) is 0 Å². The Morgan fingerprint density at radius 1 is 0.656 bits per heavy atom. The number of nitrogen functional groups attached to an aromatic ring is 2. The van der Waals surface area contributed by atoms with E-state index in [0.29, 0.717) is 21.2 Å². The fourth-order valence-electron chi connectivity index (χ4n) is 2.52. The zero-order valence-electron chi connectivity index (χ0n) is 17.0. The number of hydrogen-bond acceptors (Lipinski definition) is 4. The van der Waals surface area contributed by atoms with E-state index in [1.54, 1.807) is 48.5 Å². The molecule has 0 aromatic heterocycles. The van der Waals surface area contributed by atoms with E-state index in [1.807, 2.05) is 48.5 Å². The Bertz CT molecular complexity index is 1120.